The van der Waals surface area contributed by atoms with Crippen LogP contribution in [0.4, 0.5) is 0 Å². The molecule has 1 aromatic heterocycles. The molecule has 2 fully saturated rings. The molecule has 11 nitrogen and oxygen atoms in total. The van der Waals surface area contributed by atoms with Gasteiger partial charge < -0.3 is 4.74 Å². The van der Waals surface area contributed by atoms with Crippen LogP contribution in [0.5, 0.6) is 0 Å². The van der Waals surface area contributed by atoms with E-state index < -0.39 is 10.0 Å². The number of carbonyl (C=O) groups is 2. The molecule has 2 aliphatic heterocycles. The highest BCUT2D eigenvalue weighted by Gasteiger charge is 2.33. The van der Waals surface area contributed by atoms with Crippen molar-refractivity contribution in [3.05, 3.63) is 16.3 Å². The summed E-state index contributed by atoms with van der Waals surface area (Å²) in [7, 11) is -2.02. The summed E-state index contributed by atoms with van der Waals surface area (Å²) in [5, 5.41) is 4.48. The molecular weight excluding hydrogens is 426 g/mol. The lowest BCUT2D eigenvalue weighted by Gasteiger charge is -2.31. The van der Waals surface area contributed by atoms with Gasteiger partial charge in [-0.05, 0) is 26.2 Å². The molecule has 2 amide bonds. The van der Waals surface area contributed by atoms with Gasteiger partial charge in [-0.15, -0.1) is 0 Å². The fourth-order valence-electron chi connectivity index (χ4n) is 4.16. The average molecular weight is 458 g/mol. The number of rotatable bonds is 9. The monoisotopic (exact) mass is 457 g/mol. The molecule has 2 saturated heterocycles. The minimum Gasteiger partial charge on any atom is -0.383 e. The average Bonchev–Trinajstić information content (AvgIpc) is 3.07. The fourth-order valence-corrected chi connectivity index (χ4v) is 5.60. The summed E-state index contributed by atoms with van der Waals surface area (Å²) in [6.45, 7) is 3.68. The smallest absolute Gasteiger partial charge is 0.345 e. The van der Waals surface area contributed by atoms with Crippen molar-refractivity contribution in [2.45, 2.75) is 58.0 Å². The number of methoxy groups -OCH3 is 1. The van der Waals surface area contributed by atoms with Crippen molar-refractivity contribution in [3.8, 4) is 0 Å². The van der Waals surface area contributed by atoms with E-state index >= 15 is 0 Å². The summed E-state index contributed by atoms with van der Waals surface area (Å²) >= 11 is 0. The Morgan fingerprint density at radius 1 is 1.06 bits per heavy atom. The molecule has 0 spiro atoms. The molecule has 174 valence electrons. The normalized spacial score (nSPS) is 19.4. The van der Waals surface area contributed by atoms with E-state index in [2.05, 4.69) is 5.10 Å². The zero-order valence-electron chi connectivity index (χ0n) is 18.2. The van der Waals surface area contributed by atoms with E-state index in [-0.39, 0.29) is 48.6 Å². The molecule has 0 aliphatic carbocycles. The van der Waals surface area contributed by atoms with Gasteiger partial charge in [0.25, 0.3) is 0 Å². The molecule has 0 unspecified atom stereocenters. The first kappa shape index (κ1) is 23.6. The van der Waals surface area contributed by atoms with Crippen molar-refractivity contribution in [3.63, 3.8) is 0 Å². The van der Waals surface area contributed by atoms with Crippen molar-refractivity contribution in [1.29, 1.82) is 0 Å². The number of hydrogen-bond acceptors (Lipinski definition) is 7. The van der Waals surface area contributed by atoms with Crippen LogP contribution in [0, 0.1) is 0 Å². The summed E-state index contributed by atoms with van der Waals surface area (Å²) in [6.07, 6.45) is 2.21. The largest absolute Gasteiger partial charge is 0.383 e. The van der Waals surface area contributed by atoms with E-state index in [1.807, 2.05) is 6.92 Å². The van der Waals surface area contributed by atoms with Gasteiger partial charge in [-0.2, -0.15) is 5.10 Å². The first-order valence-electron chi connectivity index (χ1n) is 10.8. The lowest BCUT2D eigenvalue weighted by molar-refractivity contribution is -0.147. The molecule has 0 aromatic carbocycles. The van der Waals surface area contributed by atoms with Gasteiger partial charge in [0.2, 0.25) is 21.8 Å². The van der Waals surface area contributed by atoms with E-state index in [1.54, 1.807) is 11.7 Å². The van der Waals surface area contributed by atoms with Crippen LogP contribution in [0.25, 0.3) is 0 Å². The summed E-state index contributed by atoms with van der Waals surface area (Å²) in [4.78, 5) is 37.4. The second kappa shape index (κ2) is 10.0. The maximum atomic E-state index is 12.8. The third-order valence-corrected chi connectivity index (χ3v) is 7.79. The molecule has 3 rings (SSSR count). The molecule has 12 heteroatoms. The number of ether oxygens (including phenoxy) is 1. The SMILES string of the molecule is CCn1c(C2CCN(S(=O)(=O)CCN3C(=O)CCCC3=O)CC2)nn(CCOC)c1=O. The minimum absolute atomic E-state index is 0.00635. The first-order chi connectivity index (χ1) is 14.8. The number of hydrogen-bond donors (Lipinski definition) is 0. The predicted octanol–water partition coefficient (Wildman–Crippen LogP) is -0.241. The van der Waals surface area contributed by atoms with Crippen LogP contribution in [-0.2, 0) is 37.4 Å². The van der Waals surface area contributed by atoms with Crippen molar-refractivity contribution in [1.82, 2.24) is 23.6 Å². The van der Waals surface area contributed by atoms with Gasteiger partial charge >= 0.3 is 5.69 Å². The number of aromatic nitrogens is 3. The van der Waals surface area contributed by atoms with Gasteiger partial charge in [0.05, 0.1) is 18.9 Å². The third-order valence-electron chi connectivity index (χ3n) is 5.94. The Morgan fingerprint density at radius 3 is 2.29 bits per heavy atom. The highest BCUT2D eigenvalue weighted by Crippen LogP contribution is 2.28. The summed E-state index contributed by atoms with van der Waals surface area (Å²) < 4.78 is 35.0. The Hall–Kier alpha value is -2.05. The third kappa shape index (κ3) is 5.24. The second-order valence-corrected chi connectivity index (χ2v) is 9.97. The van der Waals surface area contributed by atoms with Gasteiger partial charge in [0, 0.05) is 52.0 Å². The van der Waals surface area contributed by atoms with E-state index in [0.29, 0.717) is 57.9 Å². The number of imide groups is 1. The van der Waals surface area contributed by atoms with Crippen LogP contribution >= 0.6 is 0 Å². The lowest BCUT2D eigenvalue weighted by atomic mass is 9.97. The zero-order chi connectivity index (χ0) is 22.6. The number of nitrogens with zero attached hydrogens (tertiary/aromatic N) is 5. The molecule has 31 heavy (non-hydrogen) atoms. The van der Waals surface area contributed by atoms with Crippen molar-refractivity contribution in [2.24, 2.45) is 0 Å². The molecule has 0 atom stereocenters. The number of carbonyl (C=O) groups excluding carboxylic acids is 2. The summed E-state index contributed by atoms with van der Waals surface area (Å²) in [6, 6.07) is 0. The van der Waals surface area contributed by atoms with Gasteiger partial charge in [-0.1, -0.05) is 0 Å². The Morgan fingerprint density at radius 2 is 1.71 bits per heavy atom. The van der Waals surface area contributed by atoms with Crippen LogP contribution in [-0.4, -0.2) is 82.9 Å². The molecule has 3 heterocycles. The van der Waals surface area contributed by atoms with E-state index in [0.717, 1.165) is 4.90 Å². The van der Waals surface area contributed by atoms with E-state index in [1.165, 1.54) is 8.99 Å². The Kier molecular flexibility index (Phi) is 7.65. The quantitative estimate of drug-likeness (QED) is 0.469. The molecule has 0 radical (unpaired) electrons. The van der Waals surface area contributed by atoms with Crippen molar-refractivity contribution in [2.75, 3.05) is 39.1 Å². The van der Waals surface area contributed by atoms with Crippen LogP contribution in [0.3, 0.4) is 0 Å². The lowest BCUT2D eigenvalue weighted by Crippen LogP contribution is -2.46. The number of amides is 2. The molecular formula is C19H31N5O6S. The van der Waals surface area contributed by atoms with Crippen LogP contribution in [0.1, 0.15) is 50.8 Å². The van der Waals surface area contributed by atoms with Gasteiger partial charge in [-0.3, -0.25) is 19.1 Å². The maximum Gasteiger partial charge on any atom is 0.345 e. The summed E-state index contributed by atoms with van der Waals surface area (Å²) in [5.41, 5.74) is -0.180. The zero-order valence-corrected chi connectivity index (χ0v) is 19.0. The molecule has 1 aromatic rings. The number of likely N-dealkylation sites (tertiary alicyclic amines) is 1. The van der Waals surface area contributed by atoms with Crippen LogP contribution < -0.4 is 5.69 Å². The molecule has 0 saturated carbocycles. The van der Waals surface area contributed by atoms with Gasteiger partial charge in [0.1, 0.15) is 5.82 Å². The standard InChI is InChI=1S/C19H31N5O6S/c1-3-22-18(20-24(19(22)27)11-13-30-2)15-7-9-21(10-8-15)31(28,29)14-12-23-16(25)5-4-6-17(23)26/h15H,3-14H2,1-2H3. The Balaban J connectivity index is 1.61. The van der Waals surface area contributed by atoms with Gasteiger partial charge in [0.15, 0.2) is 0 Å². The van der Waals surface area contributed by atoms with Crippen LogP contribution in [0.15, 0.2) is 4.79 Å². The Bertz CT molecular complexity index is 945. The first-order valence-corrected chi connectivity index (χ1v) is 12.4. The van der Waals surface area contributed by atoms with Crippen LogP contribution in [0.2, 0.25) is 0 Å². The molecule has 0 N–H and O–H groups in total. The fraction of sp³-hybridized carbons (Fsp3) is 0.789. The second-order valence-electron chi connectivity index (χ2n) is 7.88. The Labute approximate surface area is 182 Å². The van der Waals surface area contributed by atoms with E-state index in [9.17, 15) is 22.8 Å². The maximum absolute atomic E-state index is 12.8. The van der Waals surface area contributed by atoms with Gasteiger partial charge in [-0.25, -0.2) is 22.2 Å². The highest BCUT2D eigenvalue weighted by atomic mass is 32.2. The number of piperidine rings is 2. The minimum atomic E-state index is -3.59. The van der Waals surface area contributed by atoms with Crippen molar-refractivity contribution < 1.29 is 22.7 Å². The molecule has 0 bridgehead atoms. The van der Waals surface area contributed by atoms with E-state index in [4.69, 9.17) is 4.74 Å². The predicted molar refractivity (Wildman–Crippen MR) is 112 cm³/mol. The summed E-state index contributed by atoms with van der Waals surface area (Å²) in [5.74, 6) is -0.183. The molecule has 2 aliphatic rings. The number of sulfonamides is 1. The van der Waals surface area contributed by atoms with Crippen molar-refractivity contribution >= 4 is 21.8 Å². The highest BCUT2D eigenvalue weighted by molar-refractivity contribution is 7.89. The topological polar surface area (TPSA) is 124 Å².